The quantitative estimate of drug-likeness (QED) is 0.334. The molecule has 0 spiro atoms. The number of rotatable bonds is 4. The second kappa shape index (κ2) is 6.75. The number of hydrogen-bond acceptors (Lipinski definition) is 6. The zero-order valence-corrected chi connectivity index (χ0v) is 18.0. The summed E-state index contributed by atoms with van der Waals surface area (Å²) in [6.07, 6.45) is 1.99. The van der Waals surface area contributed by atoms with E-state index in [1.54, 1.807) is 11.8 Å². The van der Waals surface area contributed by atoms with Gasteiger partial charge in [-0.2, -0.15) is 0 Å². The van der Waals surface area contributed by atoms with Gasteiger partial charge in [0, 0.05) is 39.1 Å². The average Bonchev–Trinajstić information content (AvgIpc) is 3.31. The van der Waals surface area contributed by atoms with Gasteiger partial charge in [-0.05, 0) is 56.5 Å². The molecule has 4 nitrogen and oxygen atoms in total. The van der Waals surface area contributed by atoms with Gasteiger partial charge in [-0.3, -0.25) is 9.59 Å². The molecule has 2 aromatic carbocycles. The van der Waals surface area contributed by atoms with Gasteiger partial charge in [-0.1, -0.05) is 0 Å². The van der Waals surface area contributed by atoms with Crippen molar-refractivity contribution in [3.63, 3.8) is 0 Å². The molecule has 0 fully saturated rings. The number of thiophene rings is 1. The lowest BCUT2D eigenvalue weighted by Gasteiger charge is -2.21. The molecule has 2 aromatic heterocycles. The van der Waals surface area contributed by atoms with Crippen LogP contribution in [0.4, 0.5) is 5.69 Å². The molecule has 0 radical (unpaired) electrons. The van der Waals surface area contributed by atoms with Crippen LogP contribution in [0.5, 0.6) is 0 Å². The lowest BCUT2D eigenvalue weighted by molar-refractivity contribution is 0.0967. The second-order valence-corrected chi connectivity index (χ2v) is 8.92. The van der Waals surface area contributed by atoms with Crippen LogP contribution in [-0.4, -0.2) is 30.9 Å². The van der Waals surface area contributed by atoms with E-state index in [-0.39, 0.29) is 17.3 Å². The van der Waals surface area contributed by atoms with Crippen molar-refractivity contribution in [1.29, 1.82) is 0 Å². The summed E-state index contributed by atoms with van der Waals surface area (Å²) in [5, 5.41) is 1.57. The summed E-state index contributed by atoms with van der Waals surface area (Å²) in [4.78, 5) is 30.6. The molecule has 0 unspecified atom stereocenters. The lowest BCUT2D eigenvalue weighted by atomic mass is 9.90. The zero-order valence-electron chi connectivity index (χ0n) is 16.4. The van der Waals surface area contributed by atoms with Crippen molar-refractivity contribution in [2.24, 2.45) is 0 Å². The average molecular weight is 422 g/mol. The van der Waals surface area contributed by atoms with Gasteiger partial charge < -0.3 is 9.32 Å². The third-order valence-corrected chi connectivity index (χ3v) is 7.46. The van der Waals surface area contributed by atoms with Crippen LogP contribution in [0.2, 0.25) is 0 Å². The van der Waals surface area contributed by atoms with Gasteiger partial charge >= 0.3 is 0 Å². The first-order valence-electron chi connectivity index (χ1n) is 9.58. The third kappa shape index (κ3) is 2.59. The first-order valence-corrected chi connectivity index (χ1v) is 11.6. The number of fused-ring (bicyclic) bond motifs is 6. The van der Waals surface area contributed by atoms with Crippen molar-refractivity contribution < 1.29 is 14.0 Å². The summed E-state index contributed by atoms with van der Waals surface area (Å²) in [5.74, 6) is -0.136. The Bertz CT molecular complexity index is 1310. The van der Waals surface area contributed by atoms with Gasteiger partial charge in [-0.15, -0.1) is 23.1 Å². The molecule has 29 heavy (non-hydrogen) atoms. The maximum Gasteiger partial charge on any atom is 0.239 e. The Balaban J connectivity index is 1.76. The van der Waals surface area contributed by atoms with Crippen molar-refractivity contribution in [1.82, 2.24) is 0 Å². The van der Waals surface area contributed by atoms with E-state index in [9.17, 15) is 9.59 Å². The molecule has 0 atom stereocenters. The summed E-state index contributed by atoms with van der Waals surface area (Å²) in [6.45, 7) is 5.99. The van der Waals surface area contributed by atoms with E-state index in [0.717, 1.165) is 39.1 Å². The highest BCUT2D eigenvalue weighted by Crippen LogP contribution is 2.43. The normalized spacial score (nSPS) is 13.2. The van der Waals surface area contributed by atoms with Crippen molar-refractivity contribution in [3.8, 4) is 0 Å². The number of nitrogens with zero attached hydrogens (tertiary/aromatic N) is 1. The number of carbonyl (C=O) groups is 2. The molecule has 2 heterocycles. The third-order valence-electron chi connectivity index (χ3n) is 5.56. The van der Waals surface area contributed by atoms with Gasteiger partial charge in [0.05, 0.1) is 16.0 Å². The smallest absolute Gasteiger partial charge is 0.239 e. The Morgan fingerprint density at radius 1 is 0.966 bits per heavy atom. The number of carbonyl (C=O) groups excluding carboxylic acids is 2. The number of furan rings is 1. The molecule has 0 N–H and O–H groups in total. The molecule has 0 aliphatic heterocycles. The first-order chi connectivity index (χ1) is 14.1. The molecular weight excluding hydrogens is 402 g/mol. The molecule has 6 heteroatoms. The largest absolute Gasteiger partial charge is 0.452 e. The van der Waals surface area contributed by atoms with Crippen molar-refractivity contribution in [3.05, 3.63) is 58.2 Å². The van der Waals surface area contributed by atoms with Gasteiger partial charge in [0.1, 0.15) is 5.58 Å². The van der Waals surface area contributed by atoms with Crippen molar-refractivity contribution >= 4 is 61.4 Å². The van der Waals surface area contributed by atoms with E-state index in [0.29, 0.717) is 21.6 Å². The van der Waals surface area contributed by atoms with Crippen LogP contribution in [0.15, 0.2) is 45.7 Å². The first kappa shape index (κ1) is 18.5. The summed E-state index contributed by atoms with van der Waals surface area (Å²) in [5.41, 5.74) is 2.57. The summed E-state index contributed by atoms with van der Waals surface area (Å²) < 4.78 is 6.79. The van der Waals surface area contributed by atoms with Gasteiger partial charge in [0.15, 0.2) is 11.5 Å². The van der Waals surface area contributed by atoms with E-state index in [1.165, 1.54) is 11.3 Å². The molecule has 1 aliphatic carbocycles. The predicted octanol–water partition coefficient (Wildman–Crippen LogP) is 5.99. The standard InChI is InChI=1S/C23H19NO3S2/c1-4-24(5-2)12-6-9-17-15(10-12)19-20(25)18-14-11-13(28-3)7-8-16(14)27-22(18)21(26)23(19)29-17/h6-11H,4-5H2,1-3H3. The highest BCUT2D eigenvalue weighted by molar-refractivity contribution is 7.98. The minimum Gasteiger partial charge on any atom is -0.452 e. The number of benzene rings is 2. The highest BCUT2D eigenvalue weighted by atomic mass is 32.2. The molecule has 0 saturated carbocycles. The van der Waals surface area contributed by atoms with Crippen molar-refractivity contribution in [2.45, 2.75) is 18.7 Å². The van der Waals surface area contributed by atoms with Gasteiger partial charge in [-0.25, -0.2) is 0 Å². The van der Waals surface area contributed by atoms with Crippen LogP contribution in [0.1, 0.15) is 45.2 Å². The van der Waals surface area contributed by atoms with Crippen LogP contribution in [0, 0.1) is 0 Å². The summed E-state index contributed by atoms with van der Waals surface area (Å²) in [7, 11) is 0. The van der Waals surface area contributed by atoms with Crippen LogP contribution < -0.4 is 4.90 Å². The lowest BCUT2D eigenvalue weighted by Crippen LogP contribution is -2.21. The fourth-order valence-electron chi connectivity index (χ4n) is 4.07. The Labute approximate surface area is 176 Å². The van der Waals surface area contributed by atoms with Crippen LogP contribution in [0.25, 0.3) is 21.1 Å². The minimum absolute atomic E-state index is 0.116. The number of hydrogen-bond donors (Lipinski definition) is 0. The maximum atomic E-state index is 13.6. The van der Waals surface area contributed by atoms with E-state index in [4.69, 9.17) is 4.42 Å². The topological polar surface area (TPSA) is 50.5 Å². The number of ketones is 2. The molecule has 0 amide bonds. The Morgan fingerprint density at radius 2 is 1.76 bits per heavy atom. The van der Waals surface area contributed by atoms with E-state index < -0.39 is 0 Å². The zero-order chi connectivity index (χ0) is 20.3. The predicted molar refractivity (Wildman–Crippen MR) is 120 cm³/mol. The van der Waals surface area contributed by atoms with Crippen LogP contribution in [-0.2, 0) is 0 Å². The SMILES string of the molecule is CCN(CC)c1ccc2sc3c(c2c1)C(=O)c1c(oc2ccc(SC)cc12)C3=O. The molecule has 5 rings (SSSR count). The monoisotopic (exact) mass is 421 g/mol. The van der Waals surface area contributed by atoms with E-state index in [1.807, 2.05) is 36.6 Å². The molecule has 4 aromatic rings. The fraction of sp³-hybridized carbons (Fsp3) is 0.217. The maximum absolute atomic E-state index is 13.6. The molecule has 146 valence electrons. The number of anilines is 1. The number of thioether (sulfide) groups is 1. The molecule has 1 aliphatic rings. The van der Waals surface area contributed by atoms with E-state index in [2.05, 4.69) is 24.8 Å². The summed E-state index contributed by atoms with van der Waals surface area (Å²) >= 11 is 2.97. The highest BCUT2D eigenvalue weighted by Gasteiger charge is 2.38. The molecule has 0 bridgehead atoms. The summed E-state index contributed by atoms with van der Waals surface area (Å²) in [6, 6.07) is 11.8. The molecule has 0 saturated heterocycles. The Morgan fingerprint density at radius 3 is 2.48 bits per heavy atom. The van der Waals surface area contributed by atoms with Gasteiger partial charge in [0.25, 0.3) is 0 Å². The van der Waals surface area contributed by atoms with Gasteiger partial charge in [0.2, 0.25) is 5.78 Å². The molecular formula is C23H19NO3S2. The Hall–Kier alpha value is -2.57. The second-order valence-electron chi connectivity index (χ2n) is 6.99. The fourth-order valence-corrected chi connectivity index (χ4v) is 5.63. The minimum atomic E-state index is -0.193. The Kier molecular flexibility index (Phi) is 4.29. The van der Waals surface area contributed by atoms with Crippen molar-refractivity contribution in [2.75, 3.05) is 24.2 Å². The van der Waals surface area contributed by atoms with Crippen LogP contribution >= 0.6 is 23.1 Å². The van der Waals surface area contributed by atoms with Crippen LogP contribution in [0.3, 0.4) is 0 Å². The van der Waals surface area contributed by atoms with E-state index >= 15 is 0 Å².